The molecule has 0 aliphatic carbocycles. The Balaban J connectivity index is 1.33. The van der Waals surface area contributed by atoms with Crippen LogP contribution in [-0.4, -0.2) is 43.2 Å². The molecule has 0 spiro atoms. The number of fused-ring (bicyclic) bond motifs is 1. The Morgan fingerprint density at radius 2 is 2.07 bits per heavy atom. The number of carbonyl (C=O) groups excluding carboxylic acids is 1. The van der Waals surface area contributed by atoms with E-state index in [1.807, 2.05) is 24.3 Å². The smallest absolute Gasteiger partial charge is 0.257 e. The summed E-state index contributed by atoms with van der Waals surface area (Å²) < 4.78 is 32.3. The lowest BCUT2D eigenvalue weighted by molar-refractivity contribution is -0.110. The summed E-state index contributed by atoms with van der Waals surface area (Å²) in [4.78, 5) is 14.1. The van der Waals surface area contributed by atoms with Gasteiger partial charge in [-0.25, -0.2) is 8.78 Å². The third-order valence-electron chi connectivity index (χ3n) is 4.89. The molecular weight excluding hydrogens is 364 g/mol. The normalized spacial score (nSPS) is 20.3. The zero-order chi connectivity index (χ0) is 19.5. The molecule has 2 heterocycles. The second-order valence-corrected chi connectivity index (χ2v) is 6.91. The molecule has 0 aromatic heterocycles. The third kappa shape index (κ3) is 4.14. The predicted molar refractivity (Wildman–Crippen MR) is 105 cm³/mol. The largest absolute Gasteiger partial charge is 0.492 e. The quantitative estimate of drug-likeness (QED) is 0.746. The molecule has 5 nitrogen and oxygen atoms in total. The molecule has 1 saturated heterocycles. The molecule has 2 aliphatic heterocycles. The number of hydrogen-bond donors (Lipinski definition) is 2. The average Bonchev–Trinajstić information content (AvgIpc) is 3.23. The number of benzene rings is 2. The highest BCUT2D eigenvalue weighted by Gasteiger charge is 2.24. The average molecular weight is 385 g/mol. The molecule has 2 N–H and O–H groups in total. The predicted octanol–water partition coefficient (Wildman–Crippen LogP) is 3.65. The van der Waals surface area contributed by atoms with Crippen molar-refractivity contribution < 1.29 is 18.3 Å². The number of ether oxygens (including phenoxy) is 1. The number of likely N-dealkylation sites (tertiary alicyclic amines) is 1. The molecule has 1 fully saturated rings. The minimum absolute atomic E-state index is 0.273. The van der Waals surface area contributed by atoms with Crippen molar-refractivity contribution in [1.29, 1.82) is 0 Å². The number of amides is 1. The lowest BCUT2D eigenvalue weighted by Crippen LogP contribution is -2.26. The number of alkyl halides is 1. The summed E-state index contributed by atoms with van der Waals surface area (Å²) in [6.45, 7) is 2.48. The van der Waals surface area contributed by atoms with Gasteiger partial charge in [0.25, 0.3) is 5.91 Å². The summed E-state index contributed by atoms with van der Waals surface area (Å²) in [6, 6.07) is 11.5. The Kier molecular flexibility index (Phi) is 5.25. The molecule has 2 aromatic rings. The van der Waals surface area contributed by atoms with Gasteiger partial charge in [0.2, 0.25) is 0 Å². The first-order valence-corrected chi connectivity index (χ1v) is 9.26. The first-order valence-electron chi connectivity index (χ1n) is 9.26. The first-order chi connectivity index (χ1) is 13.6. The van der Waals surface area contributed by atoms with E-state index in [9.17, 15) is 13.6 Å². The van der Waals surface area contributed by atoms with Gasteiger partial charge in [-0.05, 0) is 48.9 Å². The molecular formula is C21H21F2N3O2. The first kappa shape index (κ1) is 18.4. The Labute approximate surface area is 162 Å². The van der Waals surface area contributed by atoms with Gasteiger partial charge in [0.05, 0.1) is 5.57 Å². The van der Waals surface area contributed by atoms with Gasteiger partial charge >= 0.3 is 0 Å². The second-order valence-electron chi connectivity index (χ2n) is 6.91. The maximum Gasteiger partial charge on any atom is 0.257 e. The minimum Gasteiger partial charge on any atom is -0.492 e. The van der Waals surface area contributed by atoms with Crippen LogP contribution in [-0.2, 0) is 4.79 Å². The Hall–Kier alpha value is -2.93. The topological polar surface area (TPSA) is 53.6 Å². The van der Waals surface area contributed by atoms with Crippen LogP contribution in [0.4, 0.5) is 20.2 Å². The van der Waals surface area contributed by atoms with Crippen molar-refractivity contribution in [3.8, 4) is 5.75 Å². The van der Waals surface area contributed by atoms with Gasteiger partial charge in [-0.1, -0.05) is 0 Å². The van der Waals surface area contributed by atoms with E-state index in [2.05, 4.69) is 15.5 Å². The van der Waals surface area contributed by atoms with Crippen LogP contribution < -0.4 is 15.4 Å². The van der Waals surface area contributed by atoms with Crippen LogP contribution in [0.5, 0.6) is 5.75 Å². The monoisotopic (exact) mass is 385 g/mol. The highest BCUT2D eigenvalue weighted by Crippen LogP contribution is 2.32. The standard InChI is InChI=1S/C21H21F2N3O2/c22-14-1-6-20-18(11-14)19(21(27)25-20)12-24-16-2-4-17(5-3-16)28-10-9-26-8-7-15(23)13-26/h1-6,11-12,15,24H,7-10,13H2,(H,25,27)/b19-12+. The fraction of sp³-hybridized carbons (Fsp3) is 0.286. The van der Waals surface area contributed by atoms with Crippen LogP contribution in [0, 0.1) is 5.82 Å². The number of nitrogens with zero attached hydrogens (tertiary/aromatic N) is 1. The lowest BCUT2D eigenvalue weighted by Gasteiger charge is -2.15. The van der Waals surface area contributed by atoms with Crippen LogP contribution in [0.25, 0.3) is 5.57 Å². The fourth-order valence-electron chi connectivity index (χ4n) is 3.39. The number of rotatable bonds is 6. The SMILES string of the molecule is O=C1Nc2ccc(F)cc2/C1=C\Nc1ccc(OCCN2CCC(F)C2)cc1. The van der Waals surface area contributed by atoms with Crippen LogP contribution in [0.1, 0.15) is 12.0 Å². The van der Waals surface area contributed by atoms with Crippen LogP contribution in [0.2, 0.25) is 0 Å². The molecule has 2 aliphatic rings. The molecule has 0 bridgehead atoms. The molecule has 0 saturated carbocycles. The van der Waals surface area contributed by atoms with E-state index in [0.717, 1.165) is 18.0 Å². The third-order valence-corrected chi connectivity index (χ3v) is 4.89. The molecule has 1 atom stereocenters. The van der Waals surface area contributed by atoms with Gasteiger partial charge in [-0.15, -0.1) is 0 Å². The highest BCUT2D eigenvalue weighted by molar-refractivity contribution is 6.31. The van der Waals surface area contributed by atoms with Crippen molar-refractivity contribution in [3.63, 3.8) is 0 Å². The van der Waals surface area contributed by atoms with Gasteiger partial charge in [0.15, 0.2) is 0 Å². The number of anilines is 2. The molecule has 1 unspecified atom stereocenters. The van der Waals surface area contributed by atoms with Crippen molar-refractivity contribution in [2.75, 3.05) is 36.9 Å². The van der Waals surface area contributed by atoms with E-state index in [4.69, 9.17) is 4.74 Å². The number of carbonyl (C=O) groups is 1. The van der Waals surface area contributed by atoms with E-state index in [0.29, 0.717) is 42.9 Å². The van der Waals surface area contributed by atoms with Gasteiger partial charge in [-0.3, -0.25) is 9.69 Å². The molecule has 2 aromatic carbocycles. The van der Waals surface area contributed by atoms with Gasteiger partial charge < -0.3 is 15.4 Å². The zero-order valence-corrected chi connectivity index (χ0v) is 15.3. The number of halogens is 2. The molecule has 4 rings (SSSR count). The van der Waals surface area contributed by atoms with Gasteiger partial charge in [0, 0.05) is 42.8 Å². The van der Waals surface area contributed by atoms with E-state index < -0.39 is 12.0 Å². The molecule has 1 amide bonds. The summed E-state index contributed by atoms with van der Waals surface area (Å²) in [5.74, 6) is 0.0596. The van der Waals surface area contributed by atoms with E-state index in [1.54, 1.807) is 12.3 Å². The van der Waals surface area contributed by atoms with E-state index in [1.165, 1.54) is 12.1 Å². The summed E-state index contributed by atoms with van der Waals surface area (Å²) in [7, 11) is 0. The van der Waals surface area contributed by atoms with Crippen molar-refractivity contribution in [1.82, 2.24) is 4.90 Å². The molecule has 28 heavy (non-hydrogen) atoms. The second kappa shape index (κ2) is 7.98. The van der Waals surface area contributed by atoms with Gasteiger partial charge in [-0.2, -0.15) is 0 Å². The maximum absolute atomic E-state index is 13.5. The number of nitrogens with one attached hydrogen (secondary N) is 2. The summed E-state index contributed by atoms with van der Waals surface area (Å²) in [5.41, 5.74) is 2.29. The zero-order valence-electron chi connectivity index (χ0n) is 15.3. The molecule has 0 radical (unpaired) electrons. The minimum atomic E-state index is -0.718. The summed E-state index contributed by atoms with van der Waals surface area (Å²) in [5, 5.41) is 5.77. The highest BCUT2D eigenvalue weighted by atomic mass is 19.1. The number of hydrogen-bond acceptors (Lipinski definition) is 4. The van der Waals surface area contributed by atoms with Crippen LogP contribution in [0.3, 0.4) is 0 Å². The van der Waals surface area contributed by atoms with E-state index in [-0.39, 0.29) is 5.91 Å². The maximum atomic E-state index is 13.5. The molecule has 146 valence electrons. The van der Waals surface area contributed by atoms with E-state index >= 15 is 0 Å². The van der Waals surface area contributed by atoms with Crippen molar-refractivity contribution in [2.24, 2.45) is 0 Å². The summed E-state index contributed by atoms with van der Waals surface area (Å²) >= 11 is 0. The Morgan fingerprint density at radius 3 is 2.82 bits per heavy atom. The van der Waals surface area contributed by atoms with Crippen molar-refractivity contribution in [2.45, 2.75) is 12.6 Å². The Bertz CT molecular complexity index is 899. The van der Waals surface area contributed by atoms with Gasteiger partial charge in [0.1, 0.15) is 24.3 Å². The fourth-order valence-corrected chi connectivity index (χ4v) is 3.39. The molecule has 7 heteroatoms. The van der Waals surface area contributed by atoms with Crippen molar-refractivity contribution in [3.05, 3.63) is 60.0 Å². The lowest BCUT2D eigenvalue weighted by atomic mass is 10.1. The Morgan fingerprint density at radius 1 is 1.25 bits per heavy atom. The van der Waals surface area contributed by atoms with Crippen LogP contribution >= 0.6 is 0 Å². The van der Waals surface area contributed by atoms with Crippen LogP contribution in [0.15, 0.2) is 48.7 Å². The summed E-state index contributed by atoms with van der Waals surface area (Å²) in [6.07, 6.45) is 1.45. The van der Waals surface area contributed by atoms with Crippen molar-refractivity contribution >= 4 is 22.9 Å².